The molecule has 4 heteroatoms. The molecule has 0 aliphatic heterocycles. The summed E-state index contributed by atoms with van der Waals surface area (Å²) in [5, 5.41) is 7.64. The Hall–Kier alpha value is -1.29. The third-order valence-electron chi connectivity index (χ3n) is 2.10. The summed E-state index contributed by atoms with van der Waals surface area (Å²) in [6.45, 7) is 2.09. The molecule has 0 aliphatic carbocycles. The number of nitrogens with zero attached hydrogens (tertiary/aromatic N) is 3. The van der Waals surface area contributed by atoms with Crippen LogP contribution in [-0.4, -0.2) is 21.0 Å². The standard InChI is InChI=1S/C10H11N3S/c1-8-4-3-5-9(14-2)10(8)13-6-11-12-7-13/h3-7H,1-2H3. The Balaban J connectivity index is 2.61. The van der Waals surface area contributed by atoms with Crippen LogP contribution in [0.15, 0.2) is 35.7 Å². The van der Waals surface area contributed by atoms with Crippen molar-refractivity contribution in [2.75, 3.05) is 6.26 Å². The summed E-state index contributed by atoms with van der Waals surface area (Å²) < 4.78 is 1.95. The number of hydrogen-bond donors (Lipinski definition) is 0. The molecule has 2 aromatic rings. The lowest BCUT2D eigenvalue weighted by atomic mass is 10.2. The van der Waals surface area contributed by atoms with Crippen molar-refractivity contribution in [2.45, 2.75) is 11.8 Å². The summed E-state index contributed by atoms with van der Waals surface area (Å²) in [6.07, 6.45) is 5.52. The van der Waals surface area contributed by atoms with Gasteiger partial charge < -0.3 is 0 Å². The van der Waals surface area contributed by atoms with E-state index in [1.165, 1.54) is 16.1 Å². The van der Waals surface area contributed by atoms with E-state index in [9.17, 15) is 0 Å². The molecule has 0 aliphatic rings. The highest BCUT2D eigenvalue weighted by Crippen LogP contribution is 2.26. The first kappa shape index (κ1) is 9.27. The second kappa shape index (κ2) is 3.84. The van der Waals surface area contributed by atoms with Crippen molar-refractivity contribution in [3.8, 4) is 5.69 Å². The second-order valence-electron chi connectivity index (χ2n) is 2.99. The van der Waals surface area contributed by atoms with Crippen molar-refractivity contribution >= 4 is 11.8 Å². The summed E-state index contributed by atoms with van der Waals surface area (Å²) in [4.78, 5) is 1.24. The maximum atomic E-state index is 3.82. The van der Waals surface area contributed by atoms with E-state index in [0.717, 1.165) is 0 Å². The van der Waals surface area contributed by atoms with Crippen LogP contribution in [0.2, 0.25) is 0 Å². The van der Waals surface area contributed by atoms with Gasteiger partial charge in [-0.3, -0.25) is 4.57 Å². The zero-order valence-electron chi connectivity index (χ0n) is 8.14. The van der Waals surface area contributed by atoms with Crippen LogP contribution < -0.4 is 0 Å². The van der Waals surface area contributed by atoms with E-state index >= 15 is 0 Å². The van der Waals surface area contributed by atoms with Gasteiger partial charge in [0.2, 0.25) is 0 Å². The van der Waals surface area contributed by atoms with Gasteiger partial charge in [-0.2, -0.15) is 0 Å². The van der Waals surface area contributed by atoms with Crippen molar-refractivity contribution < 1.29 is 0 Å². The van der Waals surface area contributed by atoms with Crippen LogP contribution in [0.5, 0.6) is 0 Å². The highest BCUT2D eigenvalue weighted by molar-refractivity contribution is 7.98. The minimum absolute atomic E-state index is 1.17. The first-order valence-electron chi connectivity index (χ1n) is 4.31. The van der Waals surface area contributed by atoms with E-state index in [1.807, 2.05) is 4.57 Å². The van der Waals surface area contributed by atoms with Crippen LogP contribution in [0.25, 0.3) is 5.69 Å². The molecule has 2 rings (SSSR count). The number of hydrogen-bond acceptors (Lipinski definition) is 3. The lowest BCUT2D eigenvalue weighted by molar-refractivity contribution is 1.00. The monoisotopic (exact) mass is 205 g/mol. The Labute approximate surface area is 87.2 Å². The van der Waals surface area contributed by atoms with Crippen molar-refractivity contribution in [1.29, 1.82) is 0 Å². The van der Waals surface area contributed by atoms with Gasteiger partial charge in [-0.15, -0.1) is 22.0 Å². The Morgan fingerprint density at radius 1 is 1.21 bits per heavy atom. The van der Waals surface area contributed by atoms with E-state index in [4.69, 9.17) is 0 Å². The molecule has 0 fully saturated rings. The topological polar surface area (TPSA) is 30.7 Å². The van der Waals surface area contributed by atoms with Crippen molar-refractivity contribution in [1.82, 2.24) is 14.8 Å². The van der Waals surface area contributed by atoms with Crippen molar-refractivity contribution in [3.05, 3.63) is 36.4 Å². The zero-order valence-corrected chi connectivity index (χ0v) is 8.95. The minimum atomic E-state index is 1.17. The van der Waals surface area contributed by atoms with Gasteiger partial charge in [0, 0.05) is 4.90 Å². The molecular formula is C10H11N3S. The van der Waals surface area contributed by atoms with E-state index in [0.29, 0.717) is 0 Å². The number of benzene rings is 1. The number of thioether (sulfide) groups is 1. The average molecular weight is 205 g/mol. The average Bonchev–Trinajstić information content (AvgIpc) is 2.70. The molecule has 0 unspecified atom stereocenters. The fraction of sp³-hybridized carbons (Fsp3) is 0.200. The molecule has 0 atom stereocenters. The quantitative estimate of drug-likeness (QED) is 0.705. The Bertz CT molecular complexity index is 423. The predicted octanol–water partition coefficient (Wildman–Crippen LogP) is 2.30. The predicted molar refractivity (Wildman–Crippen MR) is 57.9 cm³/mol. The lowest BCUT2D eigenvalue weighted by Crippen LogP contribution is -1.96. The fourth-order valence-corrected chi connectivity index (χ4v) is 2.12. The van der Waals surface area contributed by atoms with Gasteiger partial charge >= 0.3 is 0 Å². The summed E-state index contributed by atoms with van der Waals surface area (Å²) in [7, 11) is 0. The Morgan fingerprint density at radius 3 is 2.57 bits per heavy atom. The molecule has 3 nitrogen and oxygen atoms in total. The van der Waals surface area contributed by atoms with Gasteiger partial charge in [0.1, 0.15) is 12.7 Å². The first-order valence-corrected chi connectivity index (χ1v) is 5.54. The van der Waals surface area contributed by atoms with Gasteiger partial charge in [-0.05, 0) is 24.8 Å². The van der Waals surface area contributed by atoms with Crippen molar-refractivity contribution in [2.24, 2.45) is 0 Å². The maximum absolute atomic E-state index is 3.82. The SMILES string of the molecule is CSc1cccc(C)c1-n1cnnc1. The molecule has 1 aromatic heterocycles. The maximum Gasteiger partial charge on any atom is 0.123 e. The lowest BCUT2D eigenvalue weighted by Gasteiger charge is -2.10. The normalized spacial score (nSPS) is 10.4. The molecule has 14 heavy (non-hydrogen) atoms. The van der Waals surface area contributed by atoms with Crippen LogP contribution in [0.1, 0.15) is 5.56 Å². The molecule has 0 N–H and O–H groups in total. The van der Waals surface area contributed by atoms with E-state index in [1.54, 1.807) is 24.4 Å². The van der Waals surface area contributed by atoms with E-state index in [-0.39, 0.29) is 0 Å². The van der Waals surface area contributed by atoms with Crippen LogP contribution >= 0.6 is 11.8 Å². The van der Waals surface area contributed by atoms with Crippen LogP contribution in [0.3, 0.4) is 0 Å². The summed E-state index contributed by atoms with van der Waals surface area (Å²) in [5.74, 6) is 0. The second-order valence-corrected chi connectivity index (χ2v) is 3.84. The molecular weight excluding hydrogens is 194 g/mol. The van der Waals surface area contributed by atoms with Crippen LogP contribution in [0, 0.1) is 6.92 Å². The van der Waals surface area contributed by atoms with Gasteiger partial charge in [-0.1, -0.05) is 12.1 Å². The van der Waals surface area contributed by atoms with Gasteiger partial charge in [0.05, 0.1) is 5.69 Å². The molecule has 0 saturated carbocycles. The number of aryl methyl sites for hydroxylation is 1. The van der Waals surface area contributed by atoms with Gasteiger partial charge in [0.15, 0.2) is 0 Å². The smallest absolute Gasteiger partial charge is 0.123 e. The third-order valence-corrected chi connectivity index (χ3v) is 2.87. The van der Waals surface area contributed by atoms with E-state index in [2.05, 4.69) is 41.6 Å². The number of aromatic nitrogens is 3. The van der Waals surface area contributed by atoms with Crippen LogP contribution in [0.4, 0.5) is 0 Å². The van der Waals surface area contributed by atoms with Gasteiger partial charge in [0.25, 0.3) is 0 Å². The molecule has 0 amide bonds. The van der Waals surface area contributed by atoms with E-state index < -0.39 is 0 Å². The molecule has 0 radical (unpaired) electrons. The zero-order chi connectivity index (χ0) is 9.97. The Kier molecular flexibility index (Phi) is 2.54. The first-order chi connectivity index (χ1) is 6.83. The third kappa shape index (κ3) is 1.53. The highest BCUT2D eigenvalue weighted by Gasteiger charge is 2.06. The molecule has 0 bridgehead atoms. The Morgan fingerprint density at radius 2 is 1.93 bits per heavy atom. The minimum Gasteiger partial charge on any atom is -0.287 e. The molecule has 0 saturated heterocycles. The largest absolute Gasteiger partial charge is 0.287 e. The molecule has 1 aromatic carbocycles. The number of para-hydroxylation sites is 1. The summed E-state index contributed by atoms with van der Waals surface area (Å²) in [6, 6.07) is 6.26. The molecule has 72 valence electrons. The van der Waals surface area contributed by atoms with Crippen LogP contribution in [-0.2, 0) is 0 Å². The molecule has 1 heterocycles. The molecule has 0 spiro atoms. The summed E-state index contributed by atoms with van der Waals surface area (Å²) >= 11 is 1.73. The van der Waals surface area contributed by atoms with Crippen molar-refractivity contribution in [3.63, 3.8) is 0 Å². The number of rotatable bonds is 2. The summed E-state index contributed by atoms with van der Waals surface area (Å²) in [5.41, 5.74) is 2.40. The van der Waals surface area contributed by atoms with Gasteiger partial charge in [-0.25, -0.2) is 0 Å². The highest BCUT2D eigenvalue weighted by atomic mass is 32.2. The fourth-order valence-electron chi connectivity index (χ4n) is 1.44.